The third-order valence-electron chi connectivity index (χ3n) is 4.76. The van der Waals surface area contributed by atoms with Gasteiger partial charge in [0.15, 0.2) is 4.96 Å². The van der Waals surface area contributed by atoms with E-state index in [0.717, 1.165) is 16.6 Å². The molecule has 6 nitrogen and oxygen atoms in total. The van der Waals surface area contributed by atoms with Gasteiger partial charge in [-0.05, 0) is 41.8 Å². The van der Waals surface area contributed by atoms with Crippen LogP contribution in [0.5, 0.6) is 5.75 Å². The molecule has 1 atom stereocenters. The van der Waals surface area contributed by atoms with Crippen LogP contribution in [-0.4, -0.2) is 25.3 Å². The molecule has 0 fully saturated rings. The molecule has 4 aromatic rings. The fraction of sp³-hybridized carbons (Fsp3) is 0.261. The zero-order valence-corrected chi connectivity index (χ0v) is 20.8. The van der Waals surface area contributed by atoms with Crippen LogP contribution in [0.4, 0.5) is 0 Å². The molecule has 10 heteroatoms. The van der Waals surface area contributed by atoms with Crippen LogP contribution in [0.2, 0.25) is 0 Å². The fourth-order valence-corrected chi connectivity index (χ4v) is 4.58. The Kier molecular flexibility index (Phi) is 6.86. The predicted molar refractivity (Wildman–Crippen MR) is 134 cm³/mol. The normalized spacial score (nSPS) is 13.7. The standard InChI is InChI=1S/C23H20Cl3N3O3S/c1-13(2)11-19(30)28-21(23(24,25)26)32-15-9-7-14(8-10-15)12-18-20(31)29-17-6-4-3-5-16(17)27-22(29)33-18/h3-10,12-13,21H,11H2,1-2H3,(H,28,30). The quantitative estimate of drug-likeness (QED) is 0.293. The molecule has 0 radical (unpaired) electrons. The number of thiazole rings is 1. The van der Waals surface area contributed by atoms with Crippen molar-refractivity contribution in [1.82, 2.24) is 14.7 Å². The molecule has 4 rings (SSSR count). The van der Waals surface area contributed by atoms with E-state index in [1.165, 1.54) is 11.3 Å². The summed E-state index contributed by atoms with van der Waals surface area (Å²) in [5.74, 6) is 0.284. The molecule has 0 aliphatic carbocycles. The maximum Gasteiger partial charge on any atom is 0.274 e. The first-order valence-electron chi connectivity index (χ1n) is 10.2. The van der Waals surface area contributed by atoms with Crippen molar-refractivity contribution >= 4 is 74.1 Å². The number of nitrogens with zero attached hydrogens (tertiary/aromatic N) is 2. The van der Waals surface area contributed by atoms with Gasteiger partial charge < -0.3 is 10.1 Å². The zero-order chi connectivity index (χ0) is 23.8. The van der Waals surface area contributed by atoms with Crippen LogP contribution < -0.4 is 20.1 Å². The van der Waals surface area contributed by atoms with Gasteiger partial charge in [0.05, 0.1) is 15.6 Å². The van der Waals surface area contributed by atoms with E-state index >= 15 is 0 Å². The Bertz CT molecular complexity index is 1410. The van der Waals surface area contributed by atoms with Crippen molar-refractivity contribution < 1.29 is 9.53 Å². The topological polar surface area (TPSA) is 72.7 Å². The molecule has 0 saturated heterocycles. The second-order valence-corrected chi connectivity index (χ2v) is 11.3. The molecule has 0 spiro atoms. The van der Waals surface area contributed by atoms with Crippen molar-refractivity contribution in [2.75, 3.05) is 0 Å². The number of halogens is 3. The molecule has 2 heterocycles. The summed E-state index contributed by atoms with van der Waals surface area (Å²) in [4.78, 5) is 30.2. The van der Waals surface area contributed by atoms with Crippen molar-refractivity contribution in [2.24, 2.45) is 5.92 Å². The van der Waals surface area contributed by atoms with E-state index in [1.54, 1.807) is 34.7 Å². The molecular weight excluding hydrogens is 505 g/mol. The minimum absolute atomic E-state index is 0.117. The van der Waals surface area contributed by atoms with Gasteiger partial charge in [0, 0.05) is 6.42 Å². The number of nitrogens with one attached hydrogen (secondary N) is 1. The first-order chi connectivity index (χ1) is 15.6. The van der Waals surface area contributed by atoms with Gasteiger partial charge >= 0.3 is 0 Å². The first kappa shape index (κ1) is 23.8. The number of imidazole rings is 1. The molecular formula is C23H20Cl3N3O3S. The van der Waals surface area contributed by atoms with E-state index in [-0.39, 0.29) is 23.8 Å². The number of amides is 1. The third kappa shape index (κ3) is 5.44. The van der Waals surface area contributed by atoms with Crippen molar-refractivity contribution in [3.05, 3.63) is 69.0 Å². The number of alkyl halides is 3. The van der Waals surface area contributed by atoms with Crippen molar-refractivity contribution in [1.29, 1.82) is 0 Å². The Labute approximate surface area is 208 Å². The molecule has 0 aliphatic heterocycles. The van der Waals surface area contributed by atoms with Gasteiger partial charge in [0.1, 0.15) is 5.75 Å². The van der Waals surface area contributed by atoms with E-state index in [9.17, 15) is 9.59 Å². The highest BCUT2D eigenvalue weighted by Gasteiger charge is 2.36. The summed E-state index contributed by atoms with van der Waals surface area (Å²) in [6, 6.07) is 14.5. The Balaban J connectivity index is 1.56. The molecule has 0 bridgehead atoms. The van der Waals surface area contributed by atoms with Crippen LogP contribution in [0, 0.1) is 5.92 Å². The monoisotopic (exact) mass is 523 g/mol. The van der Waals surface area contributed by atoms with E-state index in [2.05, 4.69) is 10.3 Å². The predicted octanol–water partition coefficient (Wildman–Crippen LogP) is 4.69. The van der Waals surface area contributed by atoms with Gasteiger partial charge in [-0.15, -0.1) is 0 Å². The molecule has 0 aliphatic rings. The van der Waals surface area contributed by atoms with Crippen LogP contribution in [-0.2, 0) is 4.79 Å². The van der Waals surface area contributed by atoms with Crippen LogP contribution in [0.3, 0.4) is 0 Å². The molecule has 172 valence electrons. The smallest absolute Gasteiger partial charge is 0.274 e. The molecule has 1 N–H and O–H groups in total. The molecule has 1 unspecified atom stereocenters. The minimum atomic E-state index is -1.86. The SMILES string of the molecule is CC(C)CC(=O)NC(Oc1ccc(C=c2sc3nc4ccccc4n3c2=O)cc1)C(Cl)(Cl)Cl. The number of aromatic nitrogens is 2. The van der Waals surface area contributed by atoms with Crippen LogP contribution in [0.15, 0.2) is 53.3 Å². The van der Waals surface area contributed by atoms with E-state index < -0.39 is 10.0 Å². The number of carbonyl (C=O) groups excluding carboxylic acids is 1. The van der Waals surface area contributed by atoms with Gasteiger partial charge in [-0.25, -0.2) is 9.38 Å². The van der Waals surface area contributed by atoms with E-state index in [4.69, 9.17) is 39.5 Å². The Morgan fingerprint density at radius 2 is 1.88 bits per heavy atom. The molecule has 0 saturated carbocycles. The lowest BCUT2D eigenvalue weighted by Gasteiger charge is -2.26. The minimum Gasteiger partial charge on any atom is -0.466 e. The lowest BCUT2D eigenvalue weighted by molar-refractivity contribution is -0.124. The van der Waals surface area contributed by atoms with Crippen LogP contribution >= 0.6 is 46.1 Å². The number of carbonyl (C=O) groups is 1. The zero-order valence-electron chi connectivity index (χ0n) is 17.7. The Morgan fingerprint density at radius 3 is 2.55 bits per heavy atom. The summed E-state index contributed by atoms with van der Waals surface area (Å²) in [5, 5.41) is 2.61. The average molecular weight is 525 g/mol. The summed E-state index contributed by atoms with van der Waals surface area (Å²) in [7, 11) is 0. The summed E-state index contributed by atoms with van der Waals surface area (Å²) in [6.45, 7) is 3.84. The molecule has 2 aromatic carbocycles. The number of hydrogen-bond donors (Lipinski definition) is 1. The maximum absolute atomic E-state index is 12.9. The highest BCUT2D eigenvalue weighted by molar-refractivity contribution is 7.15. The van der Waals surface area contributed by atoms with Crippen LogP contribution in [0.1, 0.15) is 25.8 Å². The Hall–Kier alpha value is -2.32. The number of benzene rings is 2. The molecule has 1 amide bonds. The number of ether oxygens (including phenoxy) is 1. The number of fused-ring (bicyclic) bond motifs is 3. The van der Waals surface area contributed by atoms with Crippen LogP contribution in [0.25, 0.3) is 22.1 Å². The second-order valence-electron chi connectivity index (χ2n) is 7.91. The van der Waals surface area contributed by atoms with E-state index in [0.29, 0.717) is 15.2 Å². The maximum atomic E-state index is 12.9. The Morgan fingerprint density at radius 1 is 1.18 bits per heavy atom. The van der Waals surface area contributed by atoms with Gasteiger partial charge in [0.25, 0.3) is 5.56 Å². The highest BCUT2D eigenvalue weighted by Crippen LogP contribution is 2.32. The first-order valence-corrected chi connectivity index (χ1v) is 12.1. The largest absolute Gasteiger partial charge is 0.466 e. The average Bonchev–Trinajstić information content (AvgIpc) is 3.24. The lowest BCUT2D eigenvalue weighted by Crippen LogP contribution is -2.48. The highest BCUT2D eigenvalue weighted by atomic mass is 35.6. The van der Waals surface area contributed by atoms with Gasteiger partial charge in [-0.3, -0.25) is 9.59 Å². The van der Waals surface area contributed by atoms with E-state index in [1.807, 2.05) is 38.1 Å². The van der Waals surface area contributed by atoms with Crippen molar-refractivity contribution in [3.8, 4) is 5.75 Å². The second kappa shape index (κ2) is 9.50. The fourth-order valence-electron chi connectivity index (χ4n) is 3.30. The van der Waals surface area contributed by atoms with Gasteiger partial charge in [-0.1, -0.05) is 84.3 Å². The number of hydrogen-bond acceptors (Lipinski definition) is 5. The summed E-state index contributed by atoms with van der Waals surface area (Å²) in [6.07, 6.45) is 0.915. The summed E-state index contributed by atoms with van der Waals surface area (Å²) in [5.41, 5.74) is 2.25. The summed E-state index contributed by atoms with van der Waals surface area (Å²) >= 11 is 19.3. The lowest BCUT2D eigenvalue weighted by atomic mass is 10.1. The van der Waals surface area contributed by atoms with Crippen molar-refractivity contribution in [2.45, 2.75) is 30.3 Å². The van der Waals surface area contributed by atoms with Crippen molar-refractivity contribution in [3.63, 3.8) is 0 Å². The number of para-hydroxylation sites is 2. The van der Waals surface area contributed by atoms with Gasteiger partial charge in [-0.2, -0.15) is 0 Å². The third-order valence-corrected chi connectivity index (χ3v) is 6.32. The molecule has 2 aromatic heterocycles. The summed E-state index contributed by atoms with van der Waals surface area (Å²) < 4.78 is 6.06. The van der Waals surface area contributed by atoms with Gasteiger partial charge in [0.2, 0.25) is 15.9 Å². The number of rotatable bonds is 6. The molecule has 33 heavy (non-hydrogen) atoms.